The molecule has 0 aliphatic heterocycles. The number of ether oxygens (including phenoxy) is 1. The Hall–Kier alpha value is -3.74. The number of hydrogen-bond acceptors (Lipinski definition) is 6. The molecule has 1 amide bonds. The number of nitrogens with zero attached hydrogens (tertiary/aromatic N) is 2. The Kier molecular flexibility index (Phi) is 6.19. The molecule has 3 aromatic rings. The van der Waals surface area contributed by atoms with E-state index in [0.717, 1.165) is 11.3 Å². The van der Waals surface area contributed by atoms with Gasteiger partial charge in [-0.2, -0.15) is 0 Å². The molecule has 0 atom stereocenters. The van der Waals surface area contributed by atoms with E-state index >= 15 is 0 Å². The van der Waals surface area contributed by atoms with Gasteiger partial charge in [0.15, 0.2) is 0 Å². The van der Waals surface area contributed by atoms with Gasteiger partial charge in [0, 0.05) is 17.6 Å². The van der Waals surface area contributed by atoms with Gasteiger partial charge in [0.05, 0.1) is 12.7 Å². The van der Waals surface area contributed by atoms with Crippen LogP contribution in [0.3, 0.4) is 0 Å². The van der Waals surface area contributed by atoms with E-state index in [-0.39, 0.29) is 5.69 Å². The number of hydrogen-bond donors (Lipinski definition) is 2. The number of rotatable bonds is 6. The van der Waals surface area contributed by atoms with Crippen LogP contribution in [0.1, 0.15) is 46.2 Å². The smallest absolute Gasteiger partial charge is 0.337 e. The molecule has 0 aliphatic rings. The fraction of sp³-hybridized carbons (Fsp3) is 0.182. The Labute approximate surface area is 169 Å². The van der Waals surface area contributed by atoms with Crippen LogP contribution in [0.4, 0.5) is 17.3 Å². The zero-order valence-electron chi connectivity index (χ0n) is 16.5. The SMILES string of the molecule is COC(=O)c1cccc(NC(=O)c2ccnc(Nc3ccccc3C(C)C)n2)c1. The van der Waals surface area contributed by atoms with Crippen LogP contribution in [0.5, 0.6) is 0 Å². The maximum Gasteiger partial charge on any atom is 0.337 e. The van der Waals surface area contributed by atoms with Crippen molar-refractivity contribution in [1.29, 1.82) is 0 Å². The zero-order valence-corrected chi connectivity index (χ0v) is 16.5. The number of anilines is 3. The van der Waals surface area contributed by atoms with Gasteiger partial charge in [0.1, 0.15) is 5.69 Å². The Morgan fingerprint density at radius 2 is 1.83 bits per heavy atom. The van der Waals surface area contributed by atoms with Crippen LogP contribution in [-0.2, 0) is 4.74 Å². The van der Waals surface area contributed by atoms with Crippen molar-refractivity contribution in [2.75, 3.05) is 17.7 Å². The second-order valence-electron chi connectivity index (χ2n) is 6.66. The summed E-state index contributed by atoms with van der Waals surface area (Å²) in [5.41, 5.74) is 3.04. The average molecular weight is 390 g/mol. The van der Waals surface area contributed by atoms with Gasteiger partial charge in [-0.05, 0) is 41.8 Å². The molecule has 0 radical (unpaired) electrons. The third-order valence-electron chi connectivity index (χ3n) is 4.26. The first-order valence-electron chi connectivity index (χ1n) is 9.16. The first kappa shape index (κ1) is 20.0. The Morgan fingerprint density at radius 3 is 2.59 bits per heavy atom. The fourth-order valence-electron chi connectivity index (χ4n) is 2.82. The van der Waals surface area contributed by atoms with Crippen molar-refractivity contribution in [2.24, 2.45) is 0 Å². The topological polar surface area (TPSA) is 93.2 Å². The number of amides is 1. The van der Waals surface area contributed by atoms with Crippen LogP contribution >= 0.6 is 0 Å². The molecule has 0 aliphatic carbocycles. The summed E-state index contributed by atoms with van der Waals surface area (Å²) in [4.78, 5) is 32.8. The summed E-state index contributed by atoms with van der Waals surface area (Å²) in [5, 5.41) is 5.91. The second kappa shape index (κ2) is 8.97. The van der Waals surface area contributed by atoms with E-state index in [1.807, 2.05) is 24.3 Å². The summed E-state index contributed by atoms with van der Waals surface area (Å²) >= 11 is 0. The minimum absolute atomic E-state index is 0.202. The third-order valence-corrected chi connectivity index (χ3v) is 4.26. The van der Waals surface area contributed by atoms with E-state index in [9.17, 15) is 9.59 Å². The summed E-state index contributed by atoms with van der Waals surface area (Å²) < 4.78 is 4.70. The first-order chi connectivity index (χ1) is 14.0. The highest BCUT2D eigenvalue weighted by atomic mass is 16.5. The highest BCUT2D eigenvalue weighted by Crippen LogP contribution is 2.25. The number of aromatic nitrogens is 2. The molecule has 148 valence electrons. The van der Waals surface area contributed by atoms with Crippen LogP contribution in [0.2, 0.25) is 0 Å². The molecule has 0 saturated carbocycles. The fourth-order valence-corrected chi connectivity index (χ4v) is 2.82. The third kappa shape index (κ3) is 4.95. The van der Waals surface area contributed by atoms with Gasteiger partial charge >= 0.3 is 5.97 Å². The summed E-state index contributed by atoms with van der Waals surface area (Å²) in [7, 11) is 1.31. The number of carbonyl (C=O) groups is 2. The molecular weight excluding hydrogens is 368 g/mol. The van der Waals surface area contributed by atoms with Gasteiger partial charge in [-0.3, -0.25) is 4.79 Å². The van der Waals surface area contributed by atoms with Crippen LogP contribution in [0.15, 0.2) is 60.8 Å². The molecule has 1 aromatic heterocycles. The van der Waals surface area contributed by atoms with E-state index in [1.165, 1.54) is 19.4 Å². The molecule has 0 unspecified atom stereocenters. The van der Waals surface area contributed by atoms with Gasteiger partial charge < -0.3 is 15.4 Å². The summed E-state index contributed by atoms with van der Waals surface area (Å²) in [6.07, 6.45) is 1.52. The molecule has 2 aromatic carbocycles. The number of methoxy groups -OCH3 is 1. The second-order valence-corrected chi connectivity index (χ2v) is 6.66. The summed E-state index contributed by atoms with van der Waals surface area (Å²) in [5.74, 6) is -0.227. The number of nitrogens with one attached hydrogen (secondary N) is 2. The Bertz CT molecular complexity index is 1030. The molecule has 2 N–H and O–H groups in total. The van der Waals surface area contributed by atoms with Crippen LogP contribution in [-0.4, -0.2) is 29.0 Å². The van der Waals surface area contributed by atoms with Crippen LogP contribution in [0.25, 0.3) is 0 Å². The summed E-state index contributed by atoms with van der Waals surface area (Å²) in [6, 6.07) is 15.9. The molecule has 29 heavy (non-hydrogen) atoms. The summed E-state index contributed by atoms with van der Waals surface area (Å²) in [6.45, 7) is 4.21. The molecule has 1 heterocycles. The van der Waals surface area contributed by atoms with Crippen molar-refractivity contribution < 1.29 is 14.3 Å². The van der Waals surface area contributed by atoms with Crippen molar-refractivity contribution >= 4 is 29.2 Å². The quantitative estimate of drug-likeness (QED) is 0.607. The average Bonchev–Trinajstić information content (AvgIpc) is 2.73. The van der Waals surface area contributed by atoms with Crippen LogP contribution < -0.4 is 10.6 Å². The predicted octanol–water partition coefficient (Wildman–Crippen LogP) is 4.38. The van der Waals surface area contributed by atoms with Crippen molar-refractivity contribution in [1.82, 2.24) is 9.97 Å². The molecule has 0 fully saturated rings. The van der Waals surface area contributed by atoms with E-state index < -0.39 is 11.9 Å². The number of para-hydroxylation sites is 1. The molecule has 0 bridgehead atoms. The minimum atomic E-state index is -0.474. The Morgan fingerprint density at radius 1 is 1.03 bits per heavy atom. The number of benzene rings is 2. The standard InChI is InChI=1S/C22H22N4O3/c1-14(2)17-9-4-5-10-18(17)25-22-23-12-11-19(26-22)20(27)24-16-8-6-7-15(13-16)21(28)29-3/h4-14H,1-3H3,(H,24,27)(H,23,25,26). The lowest BCUT2D eigenvalue weighted by molar-refractivity contribution is 0.0600. The van der Waals surface area contributed by atoms with E-state index in [2.05, 4.69) is 34.4 Å². The highest BCUT2D eigenvalue weighted by Gasteiger charge is 2.13. The van der Waals surface area contributed by atoms with E-state index in [1.54, 1.807) is 24.3 Å². The van der Waals surface area contributed by atoms with Gasteiger partial charge in [-0.25, -0.2) is 14.8 Å². The molecule has 0 spiro atoms. The largest absolute Gasteiger partial charge is 0.465 e. The van der Waals surface area contributed by atoms with Gasteiger partial charge in [0.25, 0.3) is 5.91 Å². The van der Waals surface area contributed by atoms with E-state index in [4.69, 9.17) is 4.74 Å². The normalized spacial score (nSPS) is 10.5. The van der Waals surface area contributed by atoms with Gasteiger partial charge in [0.2, 0.25) is 5.95 Å². The minimum Gasteiger partial charge on any atom is -0.465 e. The highest BCUT2D eigenvalue weighted by molar-refractivity contribution is 6.03. The van der Waals surface area contributed by atoms with Crippen LogP contribution in [0, 0.1) is 0 Å². The molecule has 3 rings (SSSR count). The van der Waals surface area contributed by atoms with Crippen molar-refractivity contribution in [2.45, 2.75) is 19.8 Å². The number of carbonyl (C=O) groups excluding carboxylic acids is 2. The van der Waals surface area contributed by atoms with Gasteiger partial charge in [-0.15, -0.1) is 0 Å². The lowest BCUT2D eigenvalue weighted by Crippen LogP contribution is -2.15. The molecule has 7 heteroatoms. The van der Waals surface area contributed by atoms with E-state index in [0.29, 0.717) is 23.1 Å². The monoisotopic (exact) mass is 390 g/mol. The van der Waals surface area contributed by atoms with Crippen molar-refractivity contribution in [3.8, 4) is 0 Å². The Balaban J connectivity index is 1.78. The maximum absolute atomic E-state index is 12.6. The molecule has 7 nitrogen and oxygen atoms in total. The maximum atomic E-state index is 12.6. The van der Waals surface area contributed by atoms with Crippen molar-refractivity contribution in [3.63, 3.8) is 0 Å². The molecule has 0 saturated heterocycles. The number of esters is 1. The predicted molar refractivity (Wildman–Crippen MR) is 112 cm³/mol. The zero-order chi connectivity index (χ0) is 20.8. The first-order valence-corrected chi connectivity index (χ1v) is 9.16. The van der Waals surface area contributed by atoms with Crippen molar-refractivity contribution in [3.05, 3.63) is 77.6 Å². The van der Waals surface area contributed by atoms with Gasteiger partial charge in [-0.1, -0.05) is 38.1 Å². The lowest BCUT2D eigenvalue weighted by Gasteiger charge is -2.13. The lowest BCUT2D eigenvalue weighted by atomic mass is 10.0. The molecular formula is C22H22N4O3.